The van der Waals surface area contributed by atoms with E-state index >= 15 is 0 Å². The number of rotatable bonds is 5. The quantitative estimate of drug-likeness (QED) is 0.838. The zero-order chi connectivity index (χ0) is 12.9. The molecule has 1 aromatic rings. The van der Waals surface area contributed by atoms with Gasteiger partial charge in [-0.25, -0.2) is 0 Å². The number of halogens is 4. The molecule has 0 amide bonds. The average molecular weight is 312 g/mol. The summed E-state index contributed by atoms with van der Waals surface area (Å²) in [5.41, 5.74) is 1.01. The zero-order valence-electron chi connectivity index (χ0n) is 9.22. The fourth-order valence-corrected chi connectivity index (χ4v) is 1.58. The van der Waals surface area contributed by atoms with Crippen molar-refractivity contribution in [1.29, 1.82) is 0 Å². The molecule has 1 N–H and O–H groups in total. The van der Waals surface area contributed by atoms with Crippen molar-refractivity contribution in [3.8, 4) is 0 Å². The van der Waals surface area contributed by atoms with Gasteiger partial charge < -0.3 is 5.32 Å². The van der Waals surface area contributed by atoms with Gasteiger partial charge in [0, 0.05) is 17.1 Å². The fourth-order valence-electron chi connectivity index (χ4n) is 1.31. The Morgan fingerprint density at radius 3 is 2.41 bits per heavy atom. The average Bonchev–Trinajstić information content (AvgIpc) is 2.24. The van der Waals surface area contributed by atoms with E-state index in [9.17, 15) is 13.2 Å². The first-order valence-corrected chi connectivity index (χ1v) is 5.87. The van der Waals surface area contributed by atoms with Crippen LogP contribution in [0.5, 0.6) is 0 Å². The number of benzene rings is 1. The van der Waals surface area contributed by atoms with E-state index in [4.69, 9.17) is 0 Å². The summed E-state index contributed by atoms with van der Waals surface area (Å²) >= 11 is 3.31. The van der Waals surface area contributed by atoms with E-state index in [0.29, 0.717) is 0 Å². The predicted molar refractivity (Wildman–Crippen MR) is 62.6 cm³/mol. The van der Waals surface area contributed by atoms with Gasteiger partial charge in [0.15, 0.2) is 0 Å². The van der Waals surface area contributed by atoms with Crippen molar-refractivity contribution in [3.05, 3.63) is 34.3 Å². The molecule has 0 aliphatic carbocycles. The largest absolute Gasteiger partial charge is 0.522 e. The summed E-state index contributed by atoms with van der Waals surface area (Å²) in [6, 6.07) is 7.58. The van der Waals surface area contributed by atoms with Crippen molar-refractivity contribution < 1.29 is 17.9 Å². The number of ether oxygens (including phenoxy) is 1. The summed E-state index contributed by atoms with van der Waals surface area (Å²) in [6.07, 6.45) is -4.55. The maximum atomic E-state index is 11.7. The van der Waals surface area contributed by atoms with Crippen molar-refractivity contribution in [2.75, 3.05) is 13.2 Å². The standard InChI is InChI=1S/C11H13BrF3NO/c1-8(9-2-4-10(12)5-3-9)16-6-7-17-11(13,14)15/h2-5,8,16H,6-7H2,1H3/t8-/m1/s1. The lowest BCUT2D eigenvalue weighted by molar-refractivity contribution is -0.323. The minimum Gasteiger partial charge on any atom is -0.308 e. The predicted octanol–water partition coefficient (Wildman–Crippen LogP) is 3.64. The van der Waals surface area contributed by atoms with Gasteiger partial charge >= 0.3 is 6.36 Å². The molecule has 6 heteroatoms. The molecule has 0 saturated carbocycles. The Bertz CT molecular complexity index is 340. The van der Waals surface area contributed by atoms with Crippen molar-refractivity contribution >= 4 is 15.9 Å². The Morgan fingerprint density at radius 1 is 1.29 bits per heavy atom. The van der Waals surface area contributed by atoms with Gasteiger partial charge in [-0.1, -0.05) is 28.1 Å². The van der Waals surface area contributed by atoms with E-state index in [1.165, 1.54) is 0 Å². The van der Waals surface area contributed by atoms with Gasteiger partial charge in [0.1, 0.15) is 0 Å². The summed E-state index contributed by atoms with van der Waals surface area (Å²) < 4.78 is 39.7. The van der Waals surface area contributed by atoms with Crippen LogP contribution in [0.4, 0.5) is 13.2 Å². The molecule has 1 atom stereocenters. The van der Waals surface area contributed by atoms with Crippen LogP contribution >= 0.6 is 15.9 Å². The molecule has 0 bridgehead atoms. The Kier molecular flexibility index (Phi) is 5.42. The van der Waals surface area contributed by atoms with E-state index in [0.717, 1.165) is 10.0 Å². The lowest BCUT2D eigenvalue weighted by Gasteiger charge is -2.15. The Balaban J connectivity index is 2.30. The monoisotopic (exact) mass is 311 g/mol. The number of hydrogen-bond acceptors (Lipinski definition) is 2. The summed E-state index contributed by atoms with van der Waals surface area (Å²) in [5, 5.41) is 2.95. The first-order chi connectivity index (χ1) is 7.88. The van der Waals surface area contributed by atoms with Gasteiger partial charge in [0.05, 0.1) is 6.61 Å². The normalized spacial score (nSPS) is 13.7. The van der Waals surface area contributed by atoms with Gasteiger partial charge in [-0.05, 0) is 24.6 Å². The third-order valence-electron chi connectivity index (χ3n) is 2.19. The number of nitrogens with one attached hydrogen (secondary N) is 1. The molecule has 0 aliphatic rings. The van der Waals surface area contributed by atoms with Crippen LogP contribution < -0.4 is 5.32 Å². The smallest absolute Gasteiger partial charge is 0.308 e. The van der Waals surface area contributed by atoms with Crippen LogP contribution in [0.25, 0.3) is 0 Å². The van der Waals surface area contributed by atoms with Crippen molar-refractivity contribution in [2.45, 2.75) is 19.3 Å². The van der Waals surface area contributed by atoms with Gasteiger partial charge in [0.25, 0.3) is 0 Å². The molecule has 0 heterocycles. The molecule has 0 unspecified atom stereocenters. The van der Waals surface area contributed by atoms with E-state index < -0.39 is 6.36 Å². The molecule has 2 nitrogen and oxygen atoms in total. The molecule has 96 valence electrons. The summed E-state index contributed by atoms with van der Waals surface area (Å²) in [7, 11) is 0. The van der Waals surface area contributed by atoms with Gasteiger partial charge in [-0.2, -0.15) is 0 Å². The molecule has 1 aromatic carbocycles. The fraction of sp³-hybridized carbons (Fsp3) is 0.455. The topological polar surface area (TPSA) is 21.3 Å². The molecule has 0 aromatic heterocycles. The molecule has 0 fully saturated rings. The van der Waals surface area contributed by atoms with Crippen molar-refractivity contribution in [2.24, 2.45) is 0 Å². The Labute approximate surface area is 106 Å². The highest BCUT2D eigenvalue weighted by Crippen LogP contribution is 2.17. The molecular weight excluding hydrogens is 299 g/mol. The van der Waals surface area contributed by atoms with Crippen LogP contribution in [0.3, 0.4) is 0 Å². The molecular formula is C11H13BrF3NO. The highest BCUT2D eigenvalue weighted by molar-refractivity contribution is 9.10. The van der Waals surface area contributed by atoms with E-state index in [1.54, 1.807) is 0 Å². The maximum absolute atomic E-state index is 11.7. The van der Waals surface area contributed by atoms with Crippen molar-refractivity contribution in [3.63, 3.8) is 0 Å². The van der Waals surface area contributed by atoms with Crippen LogP contribution in [0.15, 0.2) is 28.7 Å². The first kappa shape index (κ1) is 14.5. The Hall–Kier alpha value is -0.590. The minimum atomic E-state index is -4.55. The van der Waals surface area contributed by atoms with Crippen LogP contribution in [-0.2, 0) is 4.74 Å². The molecule has 0 aliphatic heterocycles. The van der Waals surface area contributed by atoms with Gasteiger partial charge in [0.2, 0.25) is 0 Å². The second-order valence-electron chi connectivity index (χ2n) is 3.52. The van der Waals surface area contributed by atoms with E-state index in [1.807, 2.05) is 31.2 Å². The summed E-state index contributed by atoms with van der Waals surface area (Å²) in [6.45, 7) is 1.65. The van der Waals surface area contributed by atoms with Crippen LogP contribution in [0.2, 0.25) is 0 Å². The molecule has 1 rings (SSSR count). The van der Waals surface area contributed by atoms with E-state index in [2.05, 4.69) is 26.0 Å². The number of alkyl halides is 3. The lowest BCUT2D eigenvalue weighted by Crippen LogP contribution is -2.26. The van der Waals surface area contributed by atoms with E-state index in [-0.39, 0.29) is 19.2 Å². The second-order valence-corrected chi connectivity index (χ2v) is 4.44. The summed E-state index contributed by atoms with van der Waals surface area (Å²) in [4.78, 5) is 0. The third-order valence-corrected chi connectivity index (χ3v) is 2.72. The Morgan fingerprint density at radius 2 is 1.88 bits per heavy atom. The van der Waals surface area contributed by atoms with Crippen LogP contribution in [0.1, 0.15) is 18.5 Å². The van der Waals surface area contributed by atoms with Crippen LogP contribution in [0, 0.1) is 0 Å². The first-order valence-electron chi connectivity index (χ1n) is 5.08. The number of hydrogen-bond donors (Lipinski definition) is 1. The third kappa shape index (κ3) is 6.05. The highest BCUT2D eigenvalue weighted by Gasteiger charge is 2.28. The van der Waals surface area contributed by atoms with Crippen molar-refractivity contribution in [1.82, 2.24) is 5.32 Å². The molecule has 0 saturated heterocycles. The SMILES string of the molecule is C[C@@H](NCCOC(F)(F)F)c1ccc(Br)cc1. The lowest BCUT2D eigenvalue weighted by atomic mass is 10.1. The maximum Gasteiger partial charge on any atom is 0.522 e. The minimum absolute atomic E-state index is 0.0140. The highest BCUT2D eigenvalue weighted by atomic mass is 79.9. The van der Waals surface area contributed by atoms with Crippen LogP contribution in [-0.4, -0.2) is 19.5 Å². The molecule has 0 spiro atoms. The van der Waals surface area contributed by atoms with Gasteiger partial charge in [-0.3, -0.25) is 4.74 Å². The zero-order valence-corrected chi connectivity index (χ0v) is 10.8. The summed E-state index contributed by atoms with van der Waals surface area (Å²) in [5.74, 6) is 0. The van der Waals surface area contributed by atoms with Gasteiger partial charge in [-0.15, -0.1) is 13.2 Å². The molecule has 17 heavy (non-hydrogen) atoms. The second kappa shape index (κ2) is 6.37. The molecule has 0 radical (unpaired) electrons.